The highest BCUT2D eigenvalue weighted by Gasteiger charge is 2.11. The monoisotopic (exact) mass is 321 g/mol. The van der Waals surface area contributed by atoms with Crippen molar-refractivity contribution in [2.75, 3.05) is 6.54 Å². The molecule has 2 aromatic heterocycles. The summed E-state index contributed by atoms with van der Waals surface area (Å²) in [6, 6.07) is 6.05. The fourth-order valence-corrected chi connectivity index (χ4v) is 2.88. The lowest BCUT2D eigenvalue weighted by Gasteiger charge is -2.06. The van der Waals surface area contributed by atoms with Crippen LogP contribution in [0.25, 0.3) is 11.0 Å². The number of amides is 1. The van der Waals surface area contributed by atoms with Crippen molar-refractivity contribution in [1.82, 2.24) is 14.9 Å². The smallest absolute Gasteiger partial charge is 0.240 e. The first-order valence-electron chi connectivity index (χ1n) is 6.72. The first-order valence-corrected chi connectivity index (χ1v) is 7.60. The molecule has 7 heteroatoms. The highest BCUT2D eigenvalue weighted by Crippen LogP contribution is 2.17. The number of benzene rings is 1. The van der Waals surface area contributed by atoms with Gasteiger partial charge >= 0.3 is 0 Å². The molecule has 0 atom stereocenters. The molecule has 0 aliphatic carbocycles. The van der Waals surface area contributed by atoms with Gasteiger partial charge in [-0.3, -0.25) is 4.79 Å². The van der Waals surface area contributed by atoms with Crippen LogP contribution < -0.4 is 5.32 Å². The van der Waals surface area contributed by atoms with Gasteiger partial charge in [-0.15, -0.1) is 11.3 Å². The molecule has 0 aliphatic rings. The normalized spacial score (nSPS) is 11.0. The van der Waals surface area contributed by atoms with Gasteiger partial charge in [0, 0.05) is 23.6 Å². The van der Waals surface area contributed by atoms with E-state index in [0.717, 1.165) is 18.6 Å². The number of rotatable bonds is 5. The average molecular weight is 321 g/mol. The standard InChI is InChI=1S/C15H13F2N3OS/c16-11-6-13-14(7-12(11)17)20(9-19-13)8-15(21)18-4-3-10-2-1-5-22-10/h1-2,5-7,9H,3-4,8H2,(H,18,21). The van der Waals surface area contributed by atoms with Crippen molar-refractivity contribution < 1.29 is 13.6 Å². The number of aromatic nitrogens is 2. The van der Waals surface area contributed by atoms with Crippen molar-refractivity contribution in [2.45, 2.75) is 13.0 Å². The summed E-state index contributed by atoms with van der Waals surface area (Å²) in [5.74, 6) is -2.09. The molecular formula is C15H13F2N3OS. The summed E-state index contributed by atoms with van der Waals surface area (Å²) in [7, 11) is 0. The summed E-state index contributed by atoms with van der Waals surface area (Å²) in [4.78, 5) is 17.1. The van der Waals surface area contributed by atoms with E-state index in [1.54, 1.807) is 11.3 Å². The van der Waals surface area contributed by atoms with Gasteiger partial charge in [0.25, 0.3) is 0 Å². The minimum absolute atomic E-state index is 0.0199. The largest absolute Gasteiger partial charge is 0.354 e. The molecule has 0 aliphatic heterocycles. The molecule has 114 valence electrons. The first kappa shape index (κ1) is 14.6. The van der Waals surface area contributed by atoms with Crippen LogP contribution in [0.2, 0.25) is 0 Å². The number of thiophene rings is 1. The van der Waals surface area contributed by atoms with Gasteiger partial charge in [0.1, 0.15) is 6.54 Å². The third-order valence-electron chi connectivity index (χ3n) is 3.25. The highest BCUT2D eigenvalue weighted by molar-refractivity contribution is 7.09. The molecule has 1 amide bonds. The Morgan fingerprint density at radius 2 is 2.14 bits per heavy atom. The van der Waals surface area contributed by atoms with Gasteiger partial charge in [0.15, 0.2) is 11.6 Å². The van der Waals surface area contributed by atoms with Crippen LogP contribution in [0.1, 0.15) is 4.88 Å². The molecule has 22 heavy (non-hydrogen) atoms. The summed E-state index contributed by atoms with van der Waals surface area (Å²) >= 11 is 1.64. The lowest BCUT2D eigenvalue weighted by atomic mass is 10.3. The molecular weight excluding hydrogens is 308 g/mol. The summed E-state index contributed by atoms with van der Waals surface area (Å²) < 4.78 is 27.9. The Morgan fingerprint density at radius 1 is 1.32 bits per heavy atom. The first-order chi connectivity index (χ1) is 10.6. The Labute approximate surface area is 129 Å². The zero-order chi connectivity index (χ0) is 15.5. The van der Waals surface area contributed by atoms with E-state index in [4.69, 9.17) is 0 Å². The number of nitrogens with zero attached hydrogens (tertiary/aromatic N) is 2. The van der Waals surface area contributed by atoms with Gasteiger partial charge in [-0.1, -0.05) is 6.07 Å². The van der Waals surface area contributed by atoms with Crippen LogP contribution >= 0.6 is 11.3 Å². The predicted molar refractivity (Wildman–Crippen MR) is 80.7 cm³/mol. The van der Waals surface area contributed by atoms with Gasteiger partial charge < -0.3 is 9.88 Å². The number of imidazole rings is 1. The molecule has 3 aromatic rings. The Morgan fingerprint density at radius 3 is 2.91 bits per heavy atom. The van der Waals surface area contributed by atoms with E-state index in [0.29, 0.717) is 17.6 Å². The number of halogens is 2. The van der Waals surface area contributed by atoms with Crippen molar-refractivity contribution in [3.63, 3.8) is 0 Å². The topological polar surface area (TPSA) is 46.9 Å². The summed E-state index contributed by atoms with van der Waals surface area (Å²) in [6.07, 6.45) is 2.18. The van der Waals surface area contributed by atoms with E-state index in [-0.39, 0.29) is 12.5 Å². The highest BCUT2D eigenvalue weighted by atomic mass is 32.1. The van der Waals surface area contributed by atoms with Crippen molar-refractivity contribution in [3.8, 4) is 0 Å². The van der Waals surface area contributed by atoms with Gasteiger partial charge in [-0.25, -0.2) is 13.8 Å². The molecule has 3 rings (SSSR count). The number of nitrogens with one attached hydrogen (secondary N) is 1. The molecule has 2 heterocycles. The maximum absolute atomic E-state index is 13.3. The van der Waals surface area contributed by atoms with Crippen LogP contribution in [0.5, 0.6) is 0 Å². The summed E-state index contributed by atoms with van der Waals surface area (Å²) in [5.41, 5.74) is 0.720. The molecule has 0 spiro atoms. The van der Waals surface area contributed by atoms with Crippen molar-refractivity contribution in [3.05, 3.63) is 52.5 Å². The number of carbonyl (C=O) groups is 1. The Balaban J connectivity index is 1.62. The van der Waals surface area contributed by atoms with E-state index in [2.05, 4.69) is 10.3 Å². The van der Waals surface area contributed by atoms with Crippen molar-refractivity contribution in [2.24, 2.45) is 0 Å². The van der Waals surface area contributed by atoms with Gasteiger partial charge in [-0.2, -0.15) is 0 Å². The number of fused-ring (bicyclic) bond motifs is 1. The fraction of sp³-hybridized carbons (Fsp3) is 0.200. The molecule has 0 fully saturated rings. The van der Waals surface area contributed by atoms with Crippen molar-refractivity contribution >= 4 is 28.3 Å². The molecule has 1 N–H and O–H groups in total. The van der Waals surface area contributed by atoms with E-state index >= 15 is 0 Å². The molecule has 0 radical (unpaired) electrons. The Kier molecular flexibility index (Phi) is 4.15. The van der Waals surface area contributed by atoms with Crippen molar-refractivity contribution in [1.29, 1.82) is 0 Å². The minimum Gasteiger partial charge on any atom is -0.354 e. The number of hydrogen-bond donors (Lipinski definition) is 1. The van der Waals surface area contributed by atoms with Crippen LogP contribution in [-0.2, 0) is 17.8 Å². The lowest BCUT2D eigenvalue weighted by Crippen LogP contribution is -2.29. The second-order valence-corrected chi connectivity index (χ2v) is 5.84. The SMILES string of the molecule is O=C(Cn1cnc2cc(F)c(F)cc21)NCCc1cccs1. The third-order valence-corrected chi connectivity index (χ3v) is 4.19. The Hall–Kier alpha value is -2.28. The van der Waals surface area contributed by atoms with Crippen LogP contribution in [0.15, 0.2) is 36.0 Å². The average Bonchev–Trinajstić information content (AvgIpc) is 3.11. The van der Waals surface area contributed by atoms with Crippen LogP contribution in [0.4, 0.5) is 8.78 Å². The summed E-state index contributed by atoms with van der Waals surface area (Å²) in [6.45, 7) is 0.557. The lowest BCUT2D eigenvalue weighted by molar-refractivity contribution is -0.121. The van der Waals surface area contributed by atoms with E-state index in [1.807, 2.05) is 17.5 Å². The van der Waals surface area contributed by atoms with E-state index < -0.39 is 11.6 Å². The second-order valence-electron chi connectivity index (χ2n) is 4.81. The van der Waals surface area contributed by atoms with Crippen LogP contribution in [0.3, 0.4) is 0 Å². The quantitative estimate of drug-likeness (QED) is 0.785. The number of hydrogen-bond acceptors (Lipinski definition) is 3. The molecule has 0 saturated heterocycles. The Bertz CT molecular complexity index is 799. The van der Waals surface area contributed by atoms with E-state index in [9.17, 15) is 13.6 Å². The van der Waals surface area contributed by atoms with Gasteiger partial charge in [0.2, 0.25) is 5.91 Å². The predicted octanol–water partition coefficient (Wildman–Crippen LogP) is 2.73. The fourth-order valence-electron chi connectivity index (χ4n) is 2.17. The van der Waals surface area contributed by atoms with Crippen LogP contribution in [-0.4, -0.2) is 22.0 Å². The zero-order valence-corrected chi connectivity index (χ0v) is 12.4. The molecule has 0 saturated carbocycles. The van der Waals surface area contributed by atoms with Gasteiger partial charge in [0.05, 0.1) is 17.4 Å². The third kappa shape index (κ3) is 3.14. The van der Waals surface area contributed by atoms with Crippen LogP contribution in [0, 0.1) is 11.6 Å². The maximum Gasteiger partial charge on any atom is 0.240 e. The summed E-state index contributed by atoms with van der Waals surface area (Å²) in [5, 5.41) is 4.79. The number of carbonyl (C=O) groups excluding carboxylic acids is 1. The van der Waals surface area contributed by atoms with Gasteiger partial charge in [-0.05, 0) is 17.9 Å². The molecule has 0 unspecified atom stereocenters. The second kappa shape index (κ2) is 6.23. The molecule has 4 nitrogen and oxygen atoms in total. The minimum atomic E-state index is -0.952. The molecule has 1 aromatic carbocycles. The zero-order valence-electron chi connectivity index (χ0n) is 11.6. The maximum atomic E-state index is 13.3. The molecule has 0 bridgehead atoms. The van der Waals surface area contributed by atoms with E-state index in [1.165, 1.54) is 15.8 Å².